The molecule has 0 aromatic heterocycles. The Morgan fingerprint density at radius 3 is 2.76 bits per heavy atom. The normalized spacial score (nSPS) is 19.4. The van der Waals surface area contributed by atoms with E-state index in [0.29, 0.717) is 18.0 Å². The predicted octanol–water partition coefficient (Wildman–Crippen LogP) is 2.86. The van der Waals surface area contributed by atoms with E-state index in [2.05, 4.69) is 0 Å². The Balaban J connectivity index is 2.04. The van der Waals surface area contributed by atoms with Crippen molar-refractivity contribution in [1.29, 1.82) is 0 Å². The SMILES string of the molecule is CC(c1cccc(Cl)c1)N(C)C(=O)N1CCC(C(=O)O)C1. The molecule has 1 saturated heterocycles. The molecular weight excluding hydrogens is 292 g/mol. The van der Waals surface area contributed by atoms with Gasteiger partial charge in [-0.25, -0.2) is 4.79 Å². The van der Waals surface area contributed by atoms with Crippen LogP contribution in [0.3, 0.4) is 0 Å². The van der Waals surface area contributed by atoms with Crippen molar-refractivity contribution >= 4 is 23.6 Å². The van der Waals surface area contributed by atoms with Crippen LogP contribution in [0.5, 0.6) is 0 Å². The van der Waals surface area contributed by atoms with Gasteiger partial charge >= 0.3 is 12.0 Å². The third kappa shape index (κ3) is 3.47. The maximum absolute atomic E-state index is 12.4. The number of carboxylic acid groups (broad SMARTS) is 1. The Morgan fingerprint density at radius 2 is 2.19 bits per heavy atom. The number of benzene rings is 1. The molecule has 2 unspecified atom stereocenters. The summed E-state index contributed by atoms with van der Waals surface area (Å²) in [5.74, 6) is -1.29. The van der Waals surface area contributed by atoms with Gasteiger partial charge in [-0.15, -0.1) is 0 Å². The van der Waals surface area contributed by atoms with E-state index < -0.39 is 11.9 Å². The quantitative estimate of drug-likeness (QED) is 0.934. The van der Waals surface area contributed by atoms with Crippen molar-refractivity contribution in [3.63, 3.8) is 0 Å². The lowest BCUT2D eigenvalue weighted by molar-refractivity contribution is -0.141. The van der Waals surface area contributed by atoms with Gasteiger partial charge in [0.15, 0.2) is 0 Å². The summed E-state index contributed by atoms with van der Waals surface area (Å²) >= 11 is 5.98. The summed E-state index contributed by atoms with van der Waals surface area (Å²) < 4.78 is 0. The number of carboxylic acids is 1. The van der Waals surface area contributed by atoms with Crippen LogP contribution in [0.15, 0.2) is 24.3 Å². The molecule has 2 rings (SSSR count). The maximum Gasteiger partial charge on any atom is 0.320 e. The molecule has 1 N–H and O–H groups in total. The van der Waals surface area contributed by atoms with Crippen LogP contribution in [0, 0.1) is 5.92 Å². The summed E-state index contributed by atoms with van der Waals surface area (Å²) in [6.45, 7) is 2.69. The van der Waals surface area contributed by atoms with Crippen LogP contribution in [-0.4, -0.2) is 47.0 Å². The summed E-state index contributed by atoms with van der Waals surface area (Å²) in [6.07, 6.45) is 0.514. The molecule has 0 aliphatic carbocycles. The lowest BCUT2D eigenvalue weighted by Crippen LogP contribution is -2.41. The van der Waals surface area contributed by atoms with E-state index in [1.165, 1.54) is 0 Å². The van der Waals surface area contributed by atoms with Crippen LogP contribution in [0.4, 0.5) is 4.79 Å². The largest absolute Gasteiger partial charge is 0.481 e. The highest BCUT2D eigenvalue weighted by molar-refractivity contribution is 6.30. The Hall–Kier alpha value is -1.75. The molecule has 1 aliphatic heterocycles. The zero-order chi connectivity index (χ0) is 15.6. The number of nitrogens with zero attached hydrogens (tertiary/aromatic N) is 2. The minimum Gasteiger partial charge on any atom is -0.481 e. The van der Waals surface area contributed by atoms with Crippen LogP contribution in [0.2, 0.25) is 5.02 Å². The molecule has 1 aliphatic rings. The number of urea groups is 1. The molecule has 0 saturated carbocycles. The molecule has 1 fully saturated rings. The highest BCUT2D eigenvalue weighted by atomic mass is 35.5. The predicted molar refractivity (Wildman–Crippen MR) is 80.3 cm³/mol. The first-order valence-corrected chi connectivity index (χ1v) is 7.28. The number of hydrogen-bond donors (Lipinski definition) is 1. The van der Waals surface area contributed by atoms with Crippen molar-refractivity contribution in [2.75, 3.05) is 20.1 Å². The average molecular weight is 311 g/mol. The number of rotatable bonds is 3. The first-order valence-electron chi connectivity index (χ1n) is 6.90. The summed E-state index contributed by atoms with van der Waals surface area (Å²) in [6, 6.07) is 7.12. The molecule has 2 amide bonds. The number of likely N-dealkylation sites (tertiary alicyclic amines) is 1. The summed E-state index contributed by atoms with van der Waals surface area (Å²) in [5, 5.41) is 9.63. The highest BCUT2D eigenvalue weighted by Crippen LogP contribution is 2.25. The molecule has 0 spiro atoms. The topological polar surface area (TPSA) is 60.9 Å². The number of carbonyl (C=O) groups is 2. The van der Waals surface area contributed by atoms with Gasteiger partial charge in [0.2, 0.25) is 0 Å². The molecule has 0 radical (unpaired) electrons. The van der Waals surface area contributed by atoms with Crippen LogP contribution >= 0.6 is 11.6 Å². The highest BCUT2D eigenvalue weighted by Gasteiger charge is 2.33. The van der Waals surface area contributed by atoms with Crippen LogP contribution < -0.4 is 0 Å². The van der Waals surface area contributed by atoms with E-state index in [1.807, 2.05) is 25.1 Å². The molecule has 1 aromatic rings. The molecule has 1 heterocycles. The van der Waals surface area contributed by atoms with Gasteiger partial charge in [0.25, 0.3) is 0 Å². The van der Waals surface area contributed by atoms with Crippen LogP contribution in [-0.2, 0) is 4.79 Å². The zero-order valence-electron chi connectivity index (χ0n) is 12.1. The van der Waals surface area contributed by atoms with Gasteiger partial charge in [0.1, 0.15) is 0 Å². The number of halogens is 1. The molecule has 6 heteroatoms. The summed E-state index contributed by atoms with van der Waals surface area (Å²) in [5.41, 5.74) is 0.951. The molecule has 0 bridgehead atoms. The second kappa shape index (κ2) is 6.35. The Morgan fingerprint density at radius 1 is 1.48 bits per heavy atom. The van der Waals surface area contributed by atoms with Crippen molar-refractivity contribution in [3.8, 4) is 0 Å². The third-order valence-electron chi connectivity index (χ3n) is 4.02. The fourth-order valence-electron chi connectivity index (χ4n) is 2.51. The van der Waals surface area contributed by atoms with E-state index in [4.69, 9.17) is 16.7 Å². The van der Waals surface area contributed by atoms with Gasteiger partial charge in [-0.05, 0) is 31.0 Å². The molecule has 114 valence electrons. The number of hydrogen-bond acceptors (Lipinski definition) is 2. The second-order valence-electron chi connectivity index (χ2n) is 5.39. The minimum atomic E-state index is -0.837. The Labute approximate surface area is 129 Å². The molecular formula is C15H19ClN2O3. The fourth-order valence-corrected chi connectivity index (χ4v) is 2.71. The molecule has 2 atom stereocenters. The molecule has 5 nitrogen and oxygen atoms in total. The van der Waals surface area contributed by atoms with E-state index in [9.17, 15) is 9.59 Å². The van der Waals surface area contributed by atoms with Gasteiger partial charge in [0.05, 0.1) is 12.0 Å². The summed E-state index contributed by atoms with van der Waals surface area (Å²) in [4.78, 5) is 26.6. The van der Waals surface area contributed by atoms with Gasteiger partial charge in [0, 0.05) is 25.2 Å². The molecule has 1 aromatic carbocycles. The van der Waals surface area contributed by atoms with Crippen molar-refractivity contribution in [1.82, 2.24) is 9.80 Å². The average Bonchev–Trinajstić information content (AvgIpc) is 2.95. The number of carbonyl (C=O) groups excluding carboxylic acids is 1. The Kier molecular flexibility index (Phi) is 4.73. The van der Waals surface area contributed by atoms with Gasteiger partial charge in [-0.3, -0.25) is 4.79 Å². The lowest BCUT2D eigenvalue weighted by Gasteiger charge is -2.30. The zero-order valence-corrected chi connectivity index (χ0v) is 12.9. The van der Waals surface area contributed by atoms with Crippen molar-refractivity contribution in [2.45, 2.75) is 19.4 Å². The number of amides is 2. The van der Waals surface area contributed by atoms with Gasteiger partial charge in [-0.1, -0.05) is 23.7 Å². The number of aliphatic carboxylic acids is 1. The fraction of sp³-hybridized carbons (Fsp3) is 0.467. The lowest BCUT2D eigenvalue weighted by atomic mass is 10.1. The van der Waals surface area contributed by atoms with E-state index in [0.717, 1.165) is 5.56 Å². The van der Waals surface area contributed by atoms with Crippen LogP contribution in [0.25, 0.3) is 0 Å². The Bertz CT molecular complexity index is 549. The smallest absolute Gasteiger partial charge is 0.320 e. The van der Waals surface area contributed by atoms with Crippen molar-refractivity contribution in [3.05, 3.63) is 34.9 Å². The van der Waals surface area contributed by atoms with Crippen LogP contribution in [0.1, 0.15) is 24.9 Å². The summed E-state index contributed by atoms with van der Waals surface area (Å²) in [7, 11) is 1.72. The first kappa shape index (κ1) is 15.6. The van der Waals surface area contributed by atoms with E-state index >= 15 is 0 Å². The third-order valence-corrected chi connectivity index (χ3v) is 4.26. The monoisotopic (exact) mass is 310 g/mol. The maximum atomic E-state index is 12.4. The minimum absolute atomic E-state index is 0.125. The molecule has 21 heavy (non-hydrogen) atoms. The van der Waals surface area contributed by atoms with Crippen molar-refractivity contribution in [2.24, 2.45) is 5.92 Å². The van der Waals surface area contributed by atoms with E-state index in [-0.39, 0.29) is 18.6 Å². The van der Waals surface area contributed by atoms with Gasteiger partial charge in [-0.2, -0.15) is 0 Å². The van der Waals surface area contributed by atoms with Gasteiger partial charge < -0.3 is 14.9 Å². The standard InChI is InChI=1S/C15H19ClN2O3/c1-10(11-4-3-5-13(16)8-11)17(2)15(21)18-7-6-12(9-18)14(19)20/h3-5,8,10,12H,6-7,9H2,1-2H3,(H,19,20). The van der Waals surface area contributed by atoms with E-state index in [1.54, 1.807) is 22.9 Å². The van der Waals surface area contributed by atoms with Crippen molar-refractivity contribution < 1.29 is 14.7 Å². The first-order chi connectivity index (χ1) is 9.90. The second-order valence-corrected chi connectivity index (χ2v) is 5.83.